The van der Waals surface area contributed by atoms with Gasteiger partial charge in [-0.3, -0.25) is 4.79 Å². The van der Waals surface area contributed by atoms with Crippen molar-refractivity contribution >= 4 is 28.2 Å². The van der Waals surface area contributed by atoms with Gasteiger partial charge in [0.2, 0.25) is 5.91 Å². The largest absolute Gasteiger partial charge is 0.462 e. The third kappa shape index (κ3) is 3.20. The molecule has 1 aromatic heterocycles. The summed E-state index contributed by atoms with van der Waals surface area (Å²) < 4.78 is 5.13. The van der Waals surface area contributed by atoms with Gasteiger partial charge in [0.05, 0.1) is 12.2 Å². The molecule has 20 heavy (non-hydrogen) atoms. The van der Waals surface area contributed by atoms with E-state index in [1.807, 2.05) is 26.2 Å². The van der Waals surface area contributed by atoms with Crippen molar-refractivity contribution in [1.29, 1.82) is 0 Å². The number of carbonyl (C=O) groups excluding carboxylic acids is 2. The zero-order valence-electron chi connectivity index (χ0n) is 12.4. The van der Waals surface area contributed by atoms with E-state index < -0.39 is 5.41 Å². The number of anilines is 1. The molecule has 1 aliphatic carbocycles. The number of rotatable bonds is 4. The van der Waals surface area contributed by atoms with Gasteiger partial charge in [-0.1, -0.05) is 20.8 Å². The van der Waals surface area contributed by atoms with Crippen LogP contribution in [0.5, 0.6) is 0 Å². The Bertz CT molecular complexity index is 524. The van der Waals surface area contributed by atoms with Crippen LogP contribution in [0.1, 0.15) is 62.4 Å². The minimum Gasteiger partial charge on any atom is -0.462 e. The molecular formula is C15H21NO3S. The van der Waals surface area contributed by atoms with Crippen molar-refractivity contribution in [3.63, 3.8) is 0 Å². The fraction of sp³-hybridized carbons (Fsp3) is 0.600. The van der Waals surface area contributed by atoms with E-state index in [4.69, 9.17) is 4.74 Å². The molecule has 1 amide bonds. The van der Waals surface area contributed by atoms with E-state index in [1.165, 1.54) is 11.3 Å². The van der Waals surface area contributed by atoms with E-state index in [0.29, 0.717) is 23.1 Å². The van der Waals surface area contributed by atoms with Crippen LogP contribution in [0.3, 0.4) is 0 Å². The third-order valence-electron chi connectivity index (χ3n) is 3.22. The summed E-state index contributed by atoms with van der Waals surface area (Å²) in [6, 6.07) is 0. The molecule has 1 aliphatic rings. The van der Waals surface area contributed by atoms with Crippen LogP contribution in [0.4, 0.5) is 5.00 Å². The lowest BCUT2D eigenvalue weighted by molar-refractivity contribution is -0.123. The maximum absolute atomic E-state index is 12.1. The zero-order valence-corrected chi connectivity index (χ0v) is 13.2. The van der Waals surface area contributed by atoms with Gasteiger partial charge in [0.25, 0.3) is 0 Å². The average molecular weight is 295 g/mol. The standard InChI is InChI=1S/C15H21NO3S/c1-5-19-13(17)11-10(9-6-7-9)8-20-12(11)16-14(18)15(2,3)4/h8-9H,5-7H2,1-4H3,(H,16,18). The minimum atomic E-state index is -0.490. The van der Waals surface area contributed by atoms with Gasteiger partial charge in [-0.2, -0.15) is 0 Å². The van der Waals surface area contributed by atoms with Crippen molar-refractivity contribution < 1.29 is 14.3 Å². The van der Waals surface area contributed by atoms with Gasteiger partial charge in [0.1, 0.15) is 5.00 Å². The van der Waals surface area contributed by atoms with Gasteiger partial charge in [0.15, 0.2) is 0 Å². The first-order valence-electron chi connectivity index (χ1n) is 6.94. The molecule has 0 saturated heterocycles. The molecule has 0 spiro atoms. The van der Waals surface area contributed by atoms with Crippen LogP contribution in [-0.2, 0) is 9.53 Å². The number of hydrogen-bond acceptors (Lipinski definition) is 4. The predicted octanol–water partition coefficient (Wildman–Crippen LogP) is 3.79. The van der Waals surface area contributed by atoms with Crippen LogP contribution in [0.15, 0.2) is 5.38 Å². The summed E-state index contributed by atoms with van der Waals surface area (Å²) in [5.41, 5.74) is 1.09. The Hall–Kier alpha value is -1.36. The van der Waals surface area contributed by atoms with Gasteiger partial charge in [-0.25, -0.2) is 4.79 Å². The Balaban J connectivity index is 2.28. The topological polar surface area (TPSA) is 55.4 Å². The van der Waals surface area contributed by atoms with Gasteiger partial charge < -0.3 is 10.1 Å². The molecule has 0 radical (unpaired) electrons. The Labute approximate surface area is 123 Å². The predicted molar refractivity (Wildman–Crippen MR) is 80.3 cm³/mol. The average Bonchev–Trinajstić information content (AvgIpc) is 3.10. The zero-order chi connectivity index (χ0) is 14.9. The second kappa shape index (κ2) is 5.56. The van der Waals surface area contributed by atoms with Crippen LogP contribution in [0.25, 0.3) is 0 Å². The van der Waals surface area contributed by atoms with Crippen molar-refractivity contribution in [2.24, 2.45) is 5.41 Å². The summed E-state index contributed by atoms with van der Waals surface area (Å²) in [7, 11) is 0. The molecule has 0 atom stereocenters. The van der Waals surface area contributed by atoms with Gasteiger partial charge in [-0.15, -0.1) is 11.3 Å². The number of ether oxygens (including phenoxy) is 1. The van der Waals surface area contributed by atoms with Crippen molar-refractivity contribution in [3.8, 4) is 0 Å². The molecule has 110 valence electrons. The van der Waals surface area contributed by atoms with E-state index in [2.05, 4.69) is 5.32 Å². The second-order valence-corrected chi connectivity index (χ2v) is 6.97. The highest BCUT2D eigenvalue weighted by molar-refractivity contribution is 7.15. The third-order valence-corrected chi connectivity index (χ3v) is 4.14. The van der Waals surface area contributed by atoms with Crippen molar-refractivity contribution in [2.45, 2.75) is 46.5 Å². The van der Waals surface area contributed by atoms with Gasteiger partial charge in [-0.05, 0) is 36.6 Å². The molecule has 1 N–H and O–H groups in total. The Morgan fingerprint density at radius 2 is 2.05 bits per heavy atom. The summed E-state index contributed by atoms with van der Waals surface area (Å²) in [6.07, 6.45) is 2.21. The van der Waals surface area contributed by atoms with Crippen molar-refractivity contribution in [1.82, 2.24) is 0 Å². The number of esters is 1. The van der Waals surface area contributed by atoms with Crippen LogP contribution in [0, 0.1) is 5.41 Å². The molecule has 4 nitrogen and oxygen atoms in total. The maximum atomic E-state index is 12.1. The molecule has 1 fully saturated rings. The molecular weight excluding hydrogens is 274 g/mol. The number of hydrogen-bond donors (Lipinski definition) is 1. The van der Waals surface area contributed by atoms with Gasteiger partial charge in [0, 0.05) is 5.41 Å². The van der Waals surface area contributed by atoms with Crippen LogP contribution in [-0.4, -0.2) is 18.5 Å². The van der Waals surface area contributed by atoms with E-state index in [1.54, 1.807) is 6.92 Å². The smallest absolute Gasteiger partial charge is 0.341 e. The lowest BCUT2D eigenvalue weighted by Gasteiger charge is -2.17. The Kier molecular flexibility index (Phi) is 4.18. The summed E-state index contributed by atoms with van der Waals surface area (Å²) in [5, 5.41) is 5.46. The highest BCUT2D eigenvalue weighted by Crippen LogP contribution is 2.46. The normalized spacial score (nSPS) is 15.0. The molecule has 0 aliphatic heterocycles. The molecule has 0 unspecified atom stereocenters. The molecule has 0 aromatic carbocycles. The fourth-order valence-electron chi connectivity index (χ4n) is 1.86. The van der Waals surface area contributed by atoms with Crippen LogP contribution in [0.2, 0.25) is 0 Å². The van der Waals surface area contributed by atoms with Crippen LogP contribution < -0.4 is 5.32 Å². The maximum Gasteiger partial charge on any atom is 0.341 e. The van der Waals surface area contributed by atoms with Crippen molar-refractivity contribution in [2.75, 3.05) is 11.9 Å². The highest BCUT2D eigenvalue weighted by atomic mass is 32.1. The van der Waals surface area contributed by atoms with E-state index in [0.717, 1.165) is 18.4 Å². The number of nitrogens with one attached hydrogen (secondary N) is 1. The van der Waals surface area contributed by atoms with Crippen molar-refractivity contribution in [3.05, 3.63) is 16.5 Å². The second-order valence-electron chi connectivity index (χ2n) is 6.09. The SMILES string of the molecule is CCOC(=O)c1c(C2CC2)csc1NC(=O)C(C)(C)C. The summed E-state index contributed by atoms with van der Waals surface area (Å²) in [5.74, 6) is 0.0260. The number of thiophene rings is 1. The van der Waals surface area contributed by atoms with E-state index in [-0.39, 0.29) is 11.9 Å². The molecule has 0 bridgehead atoms. The quantitative estimate of drug-likeness (QED) is 0.860. The first-order chi connectivity index (χ1) is 9.34. The number of amides is 1. The summed E-state index contributed by atoms with van der Waals surface area (Å²) in [4.78, 5) is 24.2. The molecule has 1 saturated carbocycles. The Morgan fingerprint density at radius 1 is 1.40 bits per heavy atom. The number of carbonyl (C=O) groups is 2. The molecule has 5 heteroatoms. The van der Waals surface area contributed by atoms with Gasteiger partial charge >= 0.3 is 5.97 Å². The summed E-state index contributed by atoms with van der Waals surface area (Å²) in [6.45, 7) is 7.67. The van der Waals surface area contributed by atoms with E-state index >= 15 is 0 Å². The molecule has 1 heterocycles. The lowest BCUT2D eigenvalue weighted by atomic mass is 9.95. The first-order valence-corrected chi connectivity index (χ1v) is 7.82. The Morgan fingerprint density at radius 3 is 2.55 bits per heavy atom. The first kappa shape index (κ1) is 15.0. The van der Waals surface area contributed by atoms with Crippen LogP contribution >= 0.6 is 11.3 Å². The fourth-order valence-corrected chi connectivity index (χ4v) is 2.89. The minimum absolute atomic E-state index is 0.0905. The molecule has 1 aromatic rings. The monoisotopic (exact) mass is 295 g/mol. The highest BCUT2D eigenvalue weighted by Gasteiger charge is 2.33. The lowest BCUT2D eigenvalue weighted by Crippen LogP contribution is -2.28. The van der Waals surface area contributed by atoms with E-state index in [9.17, 15) is 9.59 Å². The molecule has 2 rings (SSSR count). The summed E-state index contributed by atoms with van der Waals surface area (Å²) >= 11 is 1.41.